The van der Waals surface area contributed by atoms with E-state index in [1.54, 1.807) is 4.90 Å². The lowest BCUT2D eigenvalue weighted by Gasteiger charge is -2.49. The standard InChI is InChI=1S/C31H34F3N9O11S2/c1-12(2)18(28(51)54-29(52)31(32,33)34)36-16(44)3-4-17(45)37-30-39-22(41-56-30)19(40-53)23(46)38-20-25(48)43-21(27(49)50)14(11-55-26(20)43)9-13-6-8-42(24(13)47)15-5-7-35-10-15/h9,12,15,18,20,26,35,53H,3-8,10-11H2,1-2H3,(H,36,44)(H,38,46)(H,49,50)(H,37,39,41,45)/b13-9+,40-19+/t15-,18?,20-,26-/m1/s1. The van der Waals surface area contributed by atoms with Crippen LogP contribution in [0, 0.1) is 5.92 Å². The van der Waals surface area contributed by atoms with Crippen LogP contribution in [-0.2, 0) is 43.1 Å². The van der Waals surface area contributed by atoms with Gasteiger partial charge in [0.2, 0.25) is 34.4 Å². The van der Waals surface area contributed by atoms with Crippen molar-refractivity contribution in [2.24, 2.45) is 11.1 Å². The number of hydrogen-bond acceptors (Lipinski definition) is 16. The van der Waals surface area contributed by atoms with E-state index in [1.807, 2.05) is 0 Å². The van der Waals surface area contributed by atoms with Crippen LogP contribution >= 0.6 is 23.3 Å². The Morgan fingerprint density at radius 1 is 1.14 bits per heavy atom. The van der Waals surface area contributed by atoms with Crippen LogP contribution in [0.5, 0.6) is 0 Å². The van der Waals surface area contributed by atoms with Crippen molar-refractivity contribution in [3.8, 4) is 0 Å². The smallest absolute Gasteiger partial charge is 0.477 e. The third-order valence-corrected chi connectivity index (χ3v) is 10.8. The van der Waals surface area contributed by atoms with Crippen molar-refractivity contribution in [1.82, 2.24) is 35.1 Å². The number of esters is 2. The third kappa shape index (κ3) is 9.15. The molecule has 0 aliphatic carbocycles. The van der Waals surface area contributed by atoms with Crippen molar-refractivity contribution < 1.29 is 66.6 Å². The molecule has 0 bridgehead atoms. The summed E-state index contributed by atoms with van der Waals surface area (Å²) in [6.45, 7) is 4.71. The Morgan fingerprint density at radius 3 is 2.48 bits per heavy atom. The number of carbonyl (C=O) groups is 8. The van der Waals surface area contributed by atoms with Crippen LogP contribution in [0.3, 0.4) is 0 Å². The van der Waals surface area contributed by atoms with E-state index in [1.165, 1.54) is 19.9 Å². The average molecular weight is 830 g/mol. The van der Waals surface area contributed by atoms with Gasteiger partial charge < -0.3 is 41.2 Å². The highest BCUT2D eigenvalue weighted by atomic mass is 32.2. The maximum absolute atomic E-state index is 13.2. The quantitative estimate of drug-likeness (QED) is 0.0277. The number of oxime groups is 1. The van der Waals surface area contributed by atoms with Gasteiger partial charge in [-0.25, -0.2) is 14.4 Å². The lowest BCUT2D eigenvalue weighted by atomic mass is 10.0. The van der Waals surface area contributed by atoms with Crippen molar-refractivity contribution in [3.05, 3.63) is 28.7 Å². The summed E-state index contributed by atoms with van der Waals surface area (Å²) in [5.41, 5.74) is -0.370. The first-order valence-electron chi connectivity index (χ1n) is 16.8. The Balaban J connectivity index is 1.14. The Labute approximate surface area is 322 Å². The first-order chi connectivity index (χ1) is 26.4. The second kappa shape index (κ2) is 17.2. The fraction of sp³-hybridized carbons (Fsp3) is 0.516. The molecular weight excluding hydrogens is 796 g/mol. The van der Waals surface area contributed by atoms with Gasteiger partial charge in [-0.2, -0.15) is 22.5 Å². The predicted octanol–water partition coefficient (Wildman–Crippen LogP) is -0.533. The van der Waals surface area contributed by atoms with Gasteiger partial charge in [0, 0.05) is 54.8 Å². The fourth-order valence-corrected chi connectivity index (χ4v) is 8.02. The van der Waals surface area contributed by atoms with Gasteiger partial charge in [-0.3, -0.25) is 28.9 Å². The lowest BCUT2D eigenvalue weighted by Crippen LogP contribution is -2.71. The Hall–Kier alpha value is -5.43. The van der Waals surface area contributed by atoms with Crippen molar-refractivity contribution in [2.45, 2.75) is 69.2 Å². The van der Waals surface area contributed by atoms with E-state index in [0.717, 1.165) is 29.6 Å². The van der Waals surface area contributed by atoms with Gasteiger partial charge in [-0.1, -0.05) is 19.0 Å². The molecule has 5 rings (SSSR count). The number of β-lactam (4-membered cyclic amide) rings is 1. The molecule has 25 heteroatoms. The molecule has 56 heavy (non-hydrogen) atoms. The molecule has 4 aliphatic heterocycles. The monoisotopic (exact) mass is 829 g/mol. The largest absolute Gasteiger partial charge is 0.491 e. The molecule has 1 aromatic heterocycles. The van der Waals surface area contributed by atoms with Crippen LogP contribution in [0.1, 0.15) is 45.4 Å². The first-order valence-corrected chi connectivity index (χ1v) is 18.7. The minimum atomic E-state index is -5.44. The molecule has 4 aliphatic rings. The zero-order chi connectivity index (χ0) is 41.1. The number of aliphatic carboxylic acids is 1. The number of rotatable bonds is 13. The number of carboxylic acids is 1. The molecule has 6 N–H and O–H groups in total. The van der Waals surface area contributed by atoms with Gasteiger partial charge in [0.1, 0.15) is 23.2 Å². The summed E-state index contributed by atoms with van der Waals surface area (Å²) >= 11 is 1.70. The third-order valence-electron chi connectivity index (χ3n) is 8.91. The highest BCUT2D eigenvalue weighted by Gasteiger charge is 2.54. The fourth-order valence-electron chi connectivity index (χ4n) is 6.12. The van der Waals surface area contributed by atoms with Gasteiger partial charge in [0.25, 0.3) is 11.8 Å². The second-order valence-electron chi connectivity index (χ2n) is 13.0. The van der Waals surface area contributed by atoms with E-state index in [0.29, 0.717) is 36.6 Å². The Bertz CT molecular complexity index is 1930. The maximum Gasteiger partial charge on any atom is 0.491 e. The number of thioether (sulfide) groups is 1. The molecule has 0 saturated carbocycles. The molecule has 1 aromatic rings. The van der Waals surface area contributed by atoms with Crippen molar-refractivity contribution in [2.75, 3.05) is 30.7 Å². The minimum Gasteiger partial charge on any atom is -0.477 e. The van der Waals surface area contributed by atoms with E-state index in [-0.39, 0.29) is 34.1 Å². The number of carboxylic acid groups (broad SMARTS) is 1. The molecule has 3 saturated heterocycles. The molecule has 3 fully saturated rings. The first kappa shape index (κ1) is 41.7. The minimum absolute atomic E-state index is 0.0544. The topological polar surface area (TPSA) is 279 Å². The molecule has 0 spiro atoms. The summed E-state index contributed by atoms with van der Waals surface area (Å²) in [6.07, 6.45) is -3.78. The van der Waals surface area contributed by atoms with E-state index in [9.17, 15) is 61.8 Å². The van der Waals surface area contributed by atoms with Crippen LogP contribution in [0.15, 0.2) is 28.1 Å². The molecule has 20 nitrogen and oxygen atoms in total. The molecule has 302 valence electrons. The van der Waals surface area contributed by atoms with Crippen molar-refractivity contribution in [1.29, 1.82) is 0 Å². The van der Waals surface area contributed by atoms with Gasteiger partial charge in [0.15, 0.2) is 0 Å². The number of hydrogen-bond donors (Lipinski definition) is 6. The normalized spacial score (nSPS) is 22.5. The number of ether oxygens (including phenoxy) is 1. The number of nitrogens with one attached hydrogen (secondary N) is 4. The van der Waals surface area contributed by atoms with Crippen molar-refractivity contribution >= 4 is 81.6 Å². The van der Waals surface area contributed by atoms with Crippen LogP contribution in [0.4, 0.5) is 18.3 Å². The Morgan fingerprint density at radius 2 is 1.86 bits per heavy atom. The number of likely N-dealkylation sites (tertiary alicyclic amines) is 1. The highest BCUT2D eigenvalue weighted by molar-refractivity contribution is 8.00. The van der Waals surface area contributed by atoms with Gasteiger partial charge in [0.05, 0.1) is 0 Å². The number of amides is 5. The van der Waals surface area contributed by atoms with Crippen LogP contribution < -0.4 is 21.3 Å². The number of carbonyl (C=O) groups excluding carboxylic acids is 7. The number of nitrogens with zero attached hydrogens (tertiary/aromatic N) is 5. The SMILES string of the molecule is CC(C)C(NC(=O)CCC(=O)Nc1nc(/C(=N\O)C(=O)N[C@@H]2C(=O)N3C(C(=O)O)=C(/C=C4\CCN([C@@H]5CCNC5)C4=O)CS[C@H]23)ns1)C(=O)OC(=O)C(F)(F)F. The summed E-state index contributed by atoms with van der Waals surface area (Å²) in [7, 11) is 0. The summed E-state index contributed by atoms with van der Waals surface area (Å²) in [4.78, 5) is 106. The number of fused-ring (bicyclic) bond motifs is 1. The second-order valence-corrected chi connectivity index (χ2v) is 14.9. The summed E-state index contributed by atoms with van der Waals surface area (Å²) in [5.74, 6) is -10.8. The molecule has 0 aromatic carbocycles. The lowest BCUT2D eigenvalue weighted by molar-refractivity contribution is -0.202. The van der Waals surface area contributed by atoms with Crippen molar-refractivity contribution in [3.63, 3.8) is 0 Å². The number of aromatic nitrogens is 2. The van der Waals surface area contributed by atoms with E-state index >= 15 is 0 Å². The molecular formula is C31H34F3N9O11S2. The molecule has 4 atom stereocenters. The average Bonchev–Trinajstić information content (AvgIpc) is 3.90. The van der Waals surface area contributed by atoms with Gasteiger partial charge in [-0.05, 0) is 37.0 Å². The van der Waals surface area contributed by atoms with Crippen LogP contribution in [0.25, 0.3) is 0 Å². The number of anilines is 1. The Kier molecular flexibility index (Phi) is 12.8. The molecule has 5 amide bonds. The number of alkyl halides is 3. The van der Waals surface area contributed by atoms with Crippen LogP contribution in [-0.4, -0.2) is 138 Å². The molecule has 5 heterocycles. The van der Waals surface area contributed by atoms with Gasteiger partial charge >= 0.3 is 24.1 Å². The van der Waals surface area contributed by atoms with Crippen LogP contribution in [0.2, 0.25) is 0 Å². The predicted molar refractivity (Wildman–Crippen MR) is 185 cm³/mol. The highest BCUT2D eigenvalue weighted by Crippen LogP contribution is 2.41. The molecule has 0 radical (unpaired) electrons. The molecule has 1 unspecified atom stereocenters. The summed E-state index contributed by atoms with van der Waals surface area (Å²) < 4.78 is 45.0. The number of halogens is 3. The van der Waals surface area contributed by atoms with E-state index in [2.05, 4.69) is 40.5 Å². The summed E-state index contributed by atoms with van der Waals surface area (Å²) in [6, 6.07) is -2.82. The van der Waals surface area contributed by atoms with Gasteiger partial charge in [-0.15, -0.1) is 11.8 Å². The maximum atomic E-state index is 13.2. The number of allylic oxidation sites excluding steroid dienone is 1. The zero-order valence-corrected chi connectivity index (χ0v) is 31.0. The van der Waals surface area contributed by atoms with E-state index < -0.39 is 95.5 Å². The van der Waals surface area contributed by atoms with E-state index in [4.69, 9.17) is 0 Å². The zero-order valence-electron chi connectivity index (χ0n) is 29.4. The summed E-state index contributed by atoms with van der Waals surface area (Å²) in [5, 5.41) is 31.5.